The van der Waals surface area contributed by atoms with Gasteiger partial charge in [-0.2, -0.15) is 8.42 Å². The normalized spacial score (nSPS) is 12.0. The molecule has 0 fully saturated rings. The number of anilines is 2. The second kappa shape index (κ2) is 20.3. The lowest BCUT2D eigenvalue weighted by Gasteiger charge is -2.15. The smallest absolute Gasteiger partial charge is 0.425 e. The van der Waals surface area contributed by atoms with Gasteiger partial charge in [0.1, 0.15) is 26.3 Å². The molecule has 298 valence electrons. The van der Waals surface area contributed by atoms with Crippen LogP contribution in [-0.2, 0) is 35.4 Å². The third kappa shape index (κ3) is 11.8. The lowest BCUT2D eigenvalue weighted by atomic mass is 9.96. The van der Waals surface area contributed by atoms with Crippen molar-refractivity contribution >= 4 is 99.1 Å². The van der Waals surface area contributed by atoms with E-state index in [-0.39, 0.29) is 84.8 Å². The van der Waals surface area contributed by atoms with Crippen molar-refractivity contribution < 1.29 is 43.9 Å². The van der Waals surface area contributed by atoms with E-state index in [4.69, 9.17) is 12.6 Å². The van der Waals surface area contributed by atoms with Crippen molar-refractivity contribution in [2.24, 2.45) is 5.92 Å². The number of hydrogen-bond acceptors (Lipinski definition) is 13. The van der Waals surface area contributed by atoms with Crippen molar-refractivity contribution in [1.82, 2.24) is 4.98 Å². The summed E-state index contributed by atoms with van der Waals surface area (Å²) in [5.41, 5.74) is -0.686. The van der Waals surface area contributed by atoms with E-state index < -0.39 is 46.4 Å². The van der Waals surface area contributed by atoms with Gasteiger partial charge in [-0.15, -0.1) is 36.6 Å². The summed E-state index contributed by atoms with van der Waals surface area (Å²) in [6, 6.07) is 24.8. The van der Waals surface area contributed by atoms with E-state index in [0.29, 0.717) is 23.1 Å². The molecule has 1 heterocycles. The van der Waals surface area contributed by atoms with Gasteiger partial charge in [-0.3, -0.25) is 18.9 Å². The van der Waals surface area contributed by atoms with Crippen molar-refractivity contribution in [3.8, 4) is 0 Å². The first-order chi connectivity index (χ1) is 25.8. The van der Waals surface area contributed by atoms with Gasteiger partial charge in [0.2, 0.25) is 0 Å². The van der Waals surface area contributed by atoms with Crippen molar-refractivity contribution in [2.45, 2.75) is 39.0 Å². The zero-order chi connectivity index (χ0) is 41.2. The van der Waals surface area contributed by atoms with E-state index in [0.717, 1.165) is 6.07 Å². The number of fused-ring (bicyclic) bond motifs is 2. The van der Waals surface area contributed by atoms with Gasteiger partial charge in [-0.1, -0.05) is 93.6 Å². The number of aromatic nitrogens is 1. The number of para-hydroxylation sites is 1. The molecular formula is C38H39IN2O12S3. The van der Waals surface area contributed by atoms with Crippen LogP contribution in [0.25, 0.3) is 27.4 Å². The number of halogens is 1. The predicted octanol–water partition coefficient (Wildman–Crippen LogP) is 4.98. The maximum absolute atomic E-state index is 13.9. The van der Waals surface area contributed by atoms with Crippen LogP contribution in [0.3, 0.4) is 0 Å². The third-order valence-corrected chi connectivity index (χ3v) is 9.93. The molecule has 0 saturated carbocycles. The van der Waals surface area contributed by atoms with Gasteiger partial charge in [0.15, 0.2) is 5.43 Å². The highest BCUT2D eigenvalue weighted by molar-refractivity contribution is 14.0. The van der Waals surface area contributed by atoms with Crippen LogP contribution >= 0.6 is 24.0 Å². The van der Waals surface area contributed by atoms with Gasteiger partial charge in [0.25, 0.3) is 15.7 Å². The van der Waals surface area contributed by atoms with Crippen LogP contribution in [0, 0.1) is 16.4 Å². The highest BCUT2D eigenvalue weighted by atomic mass is 127. The Morgan fingerprint density at radius 1 is 0.839 bits per heavy atom. The second-order valence-electron chi connectivity index (χ2n) is 11.9. The van der Waals surface area contributed by atoms with Gasteiger partial charge in [-0.05, 0) is 36.9 Å². The Bertz CT molecular complexity index is 2910. The quantitative estimate of drug-likeness (QED) is 0.135. The SMILES string of the molecule is CC.CC(=O)C(C)CCS(C)(=O)=O.I.O=S(=O)=O.O=c1nc2c(S(=O)(=O)O)cc(Nc3ccccc3)c3c2=c(c1=C(O)c1ccccc1)c1ccccc1c3=O. The maximum atomic E-state index is 13.9. The summed E-state index contributed by atoms with van der Waals surface area (Å²) < 4.78 is 81.8. The minimum Gasteiger partial charge on any atom is -0.506 e. The molecule has 0 aromatic heterocycles. The highest BCUT2D eigenvalue weighted by Crippen LogP contribution is 2.31. The van der Waals surface area contributed by atoms with Crippen LogP contribution in [0.15, 0.2) is 105 Å². The molecular weight excluding hydrogens is 900 g/mol. The fraction of sp³-hybridized carbons (Fsp3) is 0.211. The number of carbonyl (C=O) groups is 1. The molecule has 6 rings (SSSR count). The van der Waals surface area contributed by atoms with Crippen LogP contribution in [0.1, 0.15) is 39.7 Å². The molecule has 3 N–H and O–H groups in total. The largest absolute Gasteiger partial charge is 0.506 e. The standard InChI is InChI=1S/C29H18N2O6S.C7H14O3S.C2H6.HI.O3S/c32-27(16-9-3-1-4-10-16)25-22-18-13-7-8-14-19(18)28(33)23-20(30-17-11-5-2-6-12-17)15-21(38(35,36)37)26(24(22)23)31-29(25)34;1-6(7(2)8)4-5-11(3,9)10;1-2;;1-4(2)3/h1-15,30,32H,(H,35,36,37);6H,4-5H2,1-3H3;1-2H3;1H;. The summed E-state index contributed by atoms with van der Waals surface area (Å²) in [4.78, 5) is 41.3. The summed E-state index contributed by atoms with van der Waals surface area (Å²) in [6.45, 7) is 7.22. The number of sulfone groups is 1. The summed E-state index contributed by atoms with van der Waals surface area (Å²) in [5, 5.41) is 15.1. The Morgan fingerprint density at radius 3 is 1.84 bits per heavy atom. The Morgan fingerprint density at radius 2 is 1.34 bits per heavy atom. The summed E-state index contributed by atoms with van der Waals surface area (Å²) in [5.74, 6) is -0.350. The summed E-state index contributed by atoms with van der Waals surface area (Å²) >= 11 is 0. The first-order valence-electron chi connectivity index (χ1n) is 16.5. The van der Waals surface area contributed by atoms with E-state index in [1.807, 2.05) is 13.8 Å². The monoisotopic (exact) mass is 938 g/mol. The molecule has 0 bridgehead atoms. The van der Waals surface area contributed by atoms with Gasteiger partial charge in [0, 0.05) is 39.2 Å². The molecule has 1 unspecified atom stereocenters. The number of ketones is 1. The van der Waals surface area contributed by atoms with E-state index >= 15 is 0 Å². The van der Waals surface area contributed by atoms with Gasteiger partial charge >= 0.3 is 10.6 Å². The Labute approximate surface area is 341 Å². The van der Waals surface area contributed by atoms with Crippen LogP contribution in [0.4, 0.5) is 11.4 Å². The minimum absolute atomic E-state index is 0. The average molecular weight is 939 g/mol. The van der Waals surface area contributed by atoms with E-state index in [1.54, 1.807) is 91.9 Å². The molecule has 4 aromatic carbocycles. The highest BCUT2D eigenvalue weighted by Gasteiger charge is 2.25. The number of Topliss-reactive ketones (excluding diaryl/α,β-unsaturated/α-hetero) is 1. The minimum atomic E-state index is -4.88. The number of aliphatic hydroxyl groups is 1. The zero-order valence-corrected chi connectivity index (χ0v) is 35.5. The number of rotatable bonds is 8. The summed E-state index contributed by atoms with van der Waals surface area (Å²) in [7, 11) is -10.9. The fourth-order valence-electron chi connectivity index (χ4n) is 5.46. The molecule has 1 atom stereocenters. The number of hydrogen-bond donors (Lipinski definition) is 3. The summed E-state index contributed by atoms with van der Waals surface area (Å²) in [6.07, 6.45) is 1.62. The van der Waals surface area contributed by atoms with Crippen molar-refractivity contribution in [3.63, 3.8) is 0 Å². The fourth-order valence-corrected chi connectivity index (χ4v) is 6.90. The third-order valence-electron chi connectivity index (χ3n) is 8.09. The van der Waals surface area contributed by atoms with Crippen LogP contribution in [0.5, 0.6) is 0 Å². The van der Waals surface area contributed by atoms with Gasteiger partial charge < -0.3 is 10.4 Å². The Kier molecular flexibility index (Phi) is 17.2. The van der Waals surface area contributed by atoms with Crippen molar-refractivity contribution in [1.29, 1.82) is 0 Å². The van der Waals surface area contributed by atoms with E-state index in [1.165, 1.54) is 13.2 Å². The van der Waals surface area contributed by atoms with Gasteiger partial charge in [-0.25, -0.2) is 13.4 Å². The Balaban J connectivity index is 0.000000511. The lowest BCUT2D eigenvalue weighted by Crippen LogP contribution is -2.33. The van der Waals surface area contributed by atoms with Crippen LogP contribution in [0.2, 0.25) is 0 Å². The second-order valence-corrected chi connectivity index (χ2v) is 15.9. The van der Waals surface area contributed by atoms with Crippen molar-refractivity contribution in [2.75, 3.05) is 17.3 Å². The molecule has 18 heteroatoms. The van der Waals surface area contributed by atoms with Crippen LogP contribution < -0.4 is 21.5 Å². The topological polar surface area (TPSA) is 236 Å². The zero-order valence-electron chi connectivity index (χ0n) is 30.7. The molecule has 1 aliphatic carbocycles. The average Bonchev–Trinajstić information content (AvgIpc) is 3.13. The first-order valence-corrected chi connectivity index (χ1v) is 21.0. The number of nitrogens with one attached hydrogen (secondary N) is 1. The number of carbonyl (C=O) groups excluding carboxylic acids is 1. The van der Waals surface area contributed by atoms with Gasteiger partial charge in [0.05, 0.1) is 27.6 Å². The molecule has 0 spiro atoms. The molecule has 2 aliphatic rings. The molecule has 0 amide bonds. The first kappa shape index (κ1) is 47.3. The molecule has 4 aromatic rings. The van der Waals surface area contributed by atoms with E-state index in [9.17, 15) is 40.9 Å². The van der Waals surface area contributed by atoms with Crippen LogP contribution in [-0.4, -0.2) is 61.9 Å². The number of aliphatic hydroxyl groups excluding tert-OH is 1. The lowest BCUT2D eigenvalue weighted by molar-refractivity contribution is -0.120. The van der Waals surface area contributed by atoms with Crippen molar-refractivity contribution in [3.05, 3.63) is 133 Å². The molecule has 14 nitrogen and oxygen atoms in total. The molecule has 56 heavy (non-hydrogen) atoms. The molecule has 0 saturated heterocycles. The van der Waals surface area contributed by atoms with E-state index in [2.05, 4.69) is 10.3 Å². The number of nitrogens with zero attached hydrogens (tertiary/aromatic N) is 1. The maximum Gasteiger partial charge on any atom is 0.425 e. The number of benzene rings is 4. The molecule has 0 radical (unpaired) electrons. The Hall–Kier alpha value is -4.89. The molecule has 1 aliphatic heterocycles. The predicted molar refractivity (Wildman–Crippen MR) is 225 cm³/mol.